The Morgan fingerprint density at radius 1 is 0.800 bits per heavy atom. The van der Waals surface area contributed by atoms with Crippen LogP contribution in [0.3, 0.4) is 0 Å². The maximum Gasteiger partial charge on any atom is 0.317 e. The second-order valence-electron chi connectivity index (χ2n) is 7.65. The average molecular weight is 351 g/mol. The molecule has 7 nitrogen and oxygen atoms in total. The molecule has 0 aromatic carbocycles. The molecule has 0 radical (unpaired) electrons. The fraction of sp³-hybridized carbons (Fsp3) is 0.833. The molecule has 0 aromatic rings. The molecule has 1 unspecified atom stereocenters. The highest BCUT2D eigenvalue weighted by atomic mass is 16.4. The highest BCUT2D eigenvalue weighted by molar-refractivity contribution is 5.80. The maximum absolute atomic E-state index is 12.6. The summed E-state index contributed by atoms with van der Waals surface area (Å²) in [6, 6.07) is -0.113. The normalized spacial score (nSPS) is 25.8. The molecule has 2 heterocycles. The fourth-order valence-electron chi connectivity index (χ4n) is 4.28. The minimum Gasteiger partial charge on any atom is -0.481 e. The van der Waals surface area contributed by atoms with Crippen LogP contribution in [0.5, 0.6) is 0 Å². The number of nitrogens with zero attached hydrogens (tertiary/aromatic N) is 2. The van der Waals surface area contributed by atoms with E-state index in [0.29, 0.717) is 32.5 Å². The lowest BCUT2D eigenvalue weighted by atomic mass is 9.88. The zero-order valence-corrected chi connectivity index (χ0v) is 14.8. The van der Waals surface area contributed by atoms with Crippen molar-refractivity contribution < 1.29 is 19.5 Å². The molecule has 0 spiro atoms. The van der Waals surface area contributed by atoms with Gasteiger partial charge in [-0.25, -0.2) is 4.79 Å². The van der Waals surface area contributed by atoms with Gasteiger partial charge in [-0.3, -0.25) is 9.59 Å². The Bertz CT molecular complexity index is 510. The second-order valence-corrected chi connectivity index (χ2v) is 7.65. The van der Waals surface area contributed by atoms with Gasteiger partial charge in [-0.05, 0) is 32.1 Å². The summed E-state index contributed by atoms with van der Waals surface area (Å²) in [4.78, 5) is 39.6. The molecule has 140 valence electrons. The number of hydrogen-bond donors (Lipinski definition) is 2. The van der Waals surface area contributed by atoms with Crippen LogP contribution >= 0.6 is 0 Å². The molecular formula is C18H29N3O4. The van der Waals surface area contributed by atoms with Crippen molar-refractivity contribution in [2.24, 2.45) is 11.8 Å². The molecule has 25 heavy (non-hydrogen) atoms. The first kappa shape index (κ1) is 18.0. The SMILES string of the molecule is O=C(O)C1CCN(C(=O)NC2CCN(C(=O)C3CCCCC3)C2)CC1. The van der Waals surface area contributed by atoms with Gasteiger partial charge < -0.3 is 20.2 Å². The van der Waals surface area contributed by atoms with Crippen LogP contribution in [-0.4, -0.2) is 65.0 Å². The van der Waals surface area contributed by atoms with E-state index in [0.717, 1.165) is 38.6 Å². The van der Waals surface area contributed by atoms with Gasteiger partial charge in [-0.1, -0.05) is 19.3 Å². The number of carboxylic acid groups (broad SMARTS) is 1. The number of carbonyl (C=O) groups excluding carboxylic acids is 2. The van der Waals surface area contributed by atoms with E-state index in [1.165, 1.54) is 6.42 Å². The highest BCUT2D eigenvalue weighted by Gasteiger charge is 2.33. The first-order chi connectivity index (χ1) is 12.0. The Morgan fingerprint density at radius 3 is 2.08 bits per heavy atom. The van der Waals surface area contributed by atoms with Gasteiger partial charge in [0.15, 0.2) is 0 Å². The first-order valence-corrected chi connectivity index (χ1v) is 9.61. The van der Waals surface area contributed by atoms with E-state index in [4.69, 9.17) is 5.11 Å². The molecule has 1 saturated carbocycles. The largest absolute Gasteiger partial charge is 0.481 e. The number of hydrogen-bond acceptors (Lipinski definition) is 3. The van der Waals surface area contributed by atoms with Crippen LogP contribution in [0.25, 0.3) is 0 Å². The summed E-state index contributed by atoms with van der Waals surface area (Å²) in [5.74, 6) is -0.663. The molecule has 3 amide bonds. The van der Waals surface area contributed by atoms with E-state index in [2.05, 4.69) is 5.32 Å². The Kier molecular flexibility index (Phi) is 5.81. The molecule has 0 aromatic heterocycles. The number of carboxylic acids is 1. The molecular weight excluding hydrogens is 322 g/mol. The van der Waals surface area contributed by atoms with Gasteiger partial charge >= 0.3 is 12.0 Å². The maximum atomic E-state index is 12.6. The summed E-state index contributed by atoms with van der Waals surface area (Å²) in [5, 5.41) is 12.1. The van der Waals surface area contributed by atoms with Gasteiger partial charge in [0.25, 0.3) is 0 Å². The highest BCUT2D eigenvalue weighted by Crippen LogP contribution is 2.27. The second kappa shape index (κ2) is 8.06. The summed E-state index contributed by atoms with van der Waals surface area (Å²) in [5.41, 5.74) is 0. The summed E-state index contributed by atoms with van der Waals surface area (Å²) >= 11 is 0. The van der Waals surface area contributed by atoms with E-state index in [1.807, 2.05) is 4.90 Å². The Labute approximate surface area is 148 Å². The predicted octanol–water partition coefficient (Wildman–Crippen LogP) is 1.67. The van der Waals surface area contributed by atoms with Crippen molar-refractivity contribution in [3.8, 4) is 0 Å². The average Bonchev–Trinajstić information content (AvgIpc) is 3.10. The van der Waals surface area contributed by atoms with Crippen LogP contribution in [-0.2, 0) is 9.59 Å². The van der Waals surface area contributed by atoms with Gasteiger partial charge in [0.05, 0.1) is 5.92 Å². The summed E-state index contributed by atoms with van der Waals surface area (Å²) in [6.45, 7) is 2.30. The predicted molar refractivity (Wildman–Crippen MR) is 92.0 cm³/mol. The lowest BCUT2D eigenvalue weighted by Crippen LogP contribution is -2.49. The zero-order chi connectivity index (χ0) is 17.8. The van der Waals surface area contributed by atoms with E-state index >= 15 is 0 Å². The monoisotopic (exact) mass is 351 g/mol. The Morgan fingerprint density at radius 2 is 1.44 bits per heavy atom. The molecule has 1 atom stereocenters. The van der Waals surface area contributed by atoms with Gasteiger partial charge in [0.2, 0.25) is 5.91 Å². The van der Waals surface area contributed by atoms with Crippen molar-refractivity contribution >= 4 is 17.9 Å². The minimum absolute atomic E-state index is 0.0113. The van der Waals surface area contributed by atoms with Crippen molar-refractivity contribution in [2.75, 3.05) is 26.2 Å². The topological polar surface area (TPSA) is 89.9 Å². The molecule has 0 bridgehead atoms. The van der Waals surface area contributed by atoms with E-state index in [9.17, 15) is 14.4 Å². The Hall–Kier alpha value is -1.79. The molecule has 3 rings (SSSR count). The lowest BCUT2D eigenvalue weighted by Gasteiger charge is -2.31. The van der Waals surface area contributed by atoms with E-state index < -0.39 is 5.97 Å². The minimum atomic E-state index is -0.771. The number of urea groups is 1. The van der Waals surface area contributed by atoms with Gasteiger partial charge in [-0.2, -0.15) is 0 Å². The Balaban J connectivity index is 1.42. The fourth-order valence-corrected chi connectivity index (χ4v) is 4.28. The van der Waals surface area contributed by atoms with E-state index in [1.54, 1.807) is 4.90 Å². The van der Waals surface area contributed by atoms with Crippen molar-refractivity contribution in [3.05, 3.63) is 0 Å². The van der Waals surface area contributed by atoms with Gasteiger partial charge in [0.1, 0.15) is 0 Å². The molecule has 3 aliphatic rings. The van der Waals surface area contributed by atoms with Gasteiger partial charge in [-0.15, -0.1) is 0 Å². The number of carbonyl (C=O) groups is 3. The summed E-state index contributed by atoms with van der Waals surface area (Å²) < 4.78 is 0. The number of amides is 3. The molecule has 2 saturated heterocycles. The van der Waals surface area contributed by atoms with Crippen LogP contribution in [0.1, 0.15) is 51.4 Å². The number of aliphatic carboxylic acids is 1. The quantitative estimate of drug-likeness (QED) is 0.809. The zero-order valence-electron chi connectivity index (χ0n) is 14.8. The standard InChI is InChI=1S/C18H29N3O4/c22-16(13-4-2-1-3-5-13)21-11-8-15(12-21)19-18(25)20-9-6-14(7-10-20)17(23)24/h13-15H,1-12H2,(H,19,25)(H,23,24). The van der Waals surface area contributed by atoms with Crippen molar-refractivity contribution in [2.45, 2.75) is 57.4 Å². The van der Waals surface area contributed by atoms with Crippen LogP contribution < -0.4 is 5.32 Å². The van der Waals surface area contributed by atoms with Crippen molar-refractivity contribution in [3.63, 3.8) is 0 Å². The van der Waals surface area contributed by atoms with Gasteiger partial charge in [0, 0.05) is 38.1 Å². The van der Waals surface area contributed by atoms with Crippen LogP contribution in [0, 0.1) is 11.8 Å². The summed E-state index contributed by atoms with van der Waals surface area (Å²) in [6.07, 6.45) is 7.37. The molecule has 7 heteroatoms. The number of piperidine rings is 1. The smallest absolute Gasteiger partial charge is 0.317 e. The van der Waals surface area contributed by atoms with E-state index in [-0.39, 0.29) is 29.8 Å². The first-order valence-electron chi connectivity index (χ1n) is 9.61. The lowest BCUT2D eigenvalue weighted by molar-refractivity contribution is -0.143. The third-order valence-corrected chi connectivity index (χ3v) is 5.91. The molecule has 3 fully saturated rings. The number of rotatable bonds is 3. The van der Waals surface area contributed by atoms with Crippen LogP contribution in [0.4, 0.5) is 4.79 Å². The molecule has 2 aliphatic heterocycles. The third-order valence-electron chi connectivity index (χ3n) is 5.91. The van der Waals surface area contributed by atoms with Crippen LogP contribution in [0.15, 0.2) is 0 Å². The third kappa shape index (κ3) is 4.44. The number of likely N-dealkylation sites (tertiary alicyclic amines) is 2. The summed E-state index contributed by atoms with van der Waals surface area (Å²) in [7, 11) is 0. The molecule has 2 N–H and O–H groups in total. The number of nitrogens with one attached hydrogen (secondary N) is 1. The van der Waals surface area contributed by atoms with Crippen molar-refractivity contribution in [1.82, 2.24) is 15.1 Å². The van der Waals surface area contributed by atoms with Crippen LogP contribution in [0.2, 0.25) is 0 Å². The van der Waals surface area contributed by atoms with Crippen molar-refractivity contribution in [1.29, 1.82) is 0 Å². The molecule has 1 aliphatic carbocycles.